The fourth-order valence-corrected chi connectivity index (χ4v) is 2.01. The zero-order valence-corrected chi connectivity index (χ0v) is 8.85. The molecule has 1 unspecified atom stereocenters. The van der Waals surface area contributed by atoms with Crippen molar-refractivity contribution in [2.24, 2.45) is 0 Å². The van der Waals surface area contributed by atoms with Crippen LogP contribution < -0.4 is 0 Å². The Hall–Kier alpha value is -0.0331. The van der Waals surface area contributed by atoms with E-state index in [1.54, 1.807) is 7.11 Å². The van der Waals surface area contributed by atoms with Crippen molar-refractivity contribution < 1.29 is 9.16 Å². The van der Waals surface area contributed by atoms with Crippen LogP contribution in [-0.2, 0) is 9.16 Å². The summed E-state index contributed by atoms with van der Waals surface area (Å²) < 4.78 is 10.4. The van der Waals surface area contributed by atoms with Crippen molar-refractivity contribution in [3.8, 4) is 0 Å². The molecule has 0 saturated heterocycles. The van der Waals surface area contributed by atoms with E-state index in [1.165, 1.54) is 11.8 Å². The Kier molecular flexibility index (Phi) is 2.73. The van der Waals surface area contributed by atoms with Crippen molar-refractivity contribution in [2.75, 3.05) is 7.11 Å². The molecule has 1 heterocycles. The van der Waals surface area contributed by atoms with Gasteiger partial charge in [0.2, 0.25) is 5.12 Å². The van der Waals surface area contributed by atoms with Crippen LogP contribution in [0, 0.1) is 0 Å². The van der Waals surface area contributed by atoms with Crippen LogP contribution in [-0.4, -0.2) is 22.7 Å². The molecule has 0 spiro atoms. The van der Waals surface area contributed by atoms with E-state index in [0.717, 1.165) is 0 Å². The number of ether oxygens (including phenoxy) is 1. The maximum atomic E-state index is 5.27. The number of hydrogen-bond acceptors (Lipinski definition) is 3. The van der Waals surface area contributed by atoms with Gasteiger partial charge in [-0.2, -0.15) is 0 Å². The first kappa shape index (κ1) is 8.07. The smallest absolute Gasteiger partial charge is 0.232 e. The third-order valence-electron chi connectivity index (χ3n) is 1.29. The van der Waals surface area contributed by atoms with Crippen molar-refractivity contribution in [2.45, 2.75) is 5.12 Å². The topological polar surface area (TPSA) is 18.5 Å². The summed E-state index contributed by atoms with van der Waals surface area (Å²) in [4.78, 5) is 0. The van der Waals surface area contributed by atoms with E-state index in [1.807, 2.05) is 23.6 Å². The third kappa shape index (κ3) is 1.52. The highest BCUT2D eigenvalue weighted by Gasteiger charge is 2.25. The van der Waals surface area contributed by atoms with Gasteiger partial charge in [-0.05, 0) is 11.5 Å². The molecule has 0 aromatic rings. The molecule has 0 aromatic heterocycles. The Labute approximate surface area is 67.8 Å². The second-order valence-electron chi connectivity index (χ2n) is 1.82. The van der Waals surface area contributed by atoms with E-state index in [0.29, 0.717) is 10.5 Å². The number of methoxy groups -OCH3 is 1. The SMILES string of the molecule is COC1(O[SiH3])C=CC=CS1. The lowest BCUT2D eigenvalue weighted by Crippen LogP contribution is -2.27. The van der Waals surface area contributed by atoms with E-state index in [9.17, 15) is 0 Å². The Morgan fingerprint density at radius 2 is 2.30 bits per heavy atom. The van der Waals surface area contributed by atoms with Gasteiger partial charge in [0.15, 0.2) is 10.5 Å². The molecular formula is C6H10O2SSi. The van der Waals surface area contributed by atoms with Gasteiger partial charge in [-0.1, -0.05) is 23.9 Å². The highest BCUT2D eigenvalue weighted by Crippen LogP contribution is 2.31. The molecule has 2 nitrogen and oxygen atoms in total. The van der Waals surface area contributed by atoms with Crippen molar-refractivity contribution in [3.05, 3.63) is 23.6 Å². The summed E-state index contributed by atoms with van der Waals surface area (Å²) in [6, 6.07) is 0. The van der Waals surface area contributed by atoms with Crippen LogP contribution in [0.5, 0.6) is 0 Å². The minimum atomic E-state index is -0.527. The molecule has 0 aliphatic carbocycles. The van der Waals surface area contributed by atoms with Gasteiger partial charge in [0.25, 0.3) is 0 Å². The molecule has 0 bridgehead atoms. The van der Waals surface area contributed by atoms with Crippen molar-refractivity contribution in [3.63, 3.8) is 0 Å². The second-order valence-corrected chi connectivity index (χ2v) is 3.30. The molecule has 1 atom stereocenters. The molecule has 10 heavy (non-hydrogen) atoms. The predicted molar refractivity (Wildman–Crippen MR) is 46.6 cm³/mol. The first-order chi connectivity index (χ1) is 4.83. The van der Waals surface area contributed by atoms with Gasteiger partial charge in [-0.15, -0.1) is 0 Å². The summed E-state index contributed by atoms with van der Waals surface area (Å²) in [5.74, 6) is 0. The average Bonchev–Trinajstić information content (AvgIpc) is 2.06. The first-order valence-corrected chi connectivity index (χ1v) is 4.65. The Morgan fingerprint density at radius 1 is 1.50 bits per heavy atom. The molecule has 0 radical (unpaired) electrons. The molecule has 0 amide bonds. The fraction of sp³-hybridized carbons (Fsp3) is 0.333. The molecule has 1 rings (SSSR count). The van der Waals surface area contributed by atoms with Gasteiger partial charge in [0.05, 0.1) is 0 Å². The summed E-state index contributed by atoms with van der Waals surface area (Å²) >= 11 is 1.53. The minimum absolute atomic E-state index is 0.527. The quantitative estimate of drug-likeness (QED) is 0.446. The van der Waals surface area contributed by atoms with Crippen LogP contribution in [0.2, 0.25) is 0 Å². The van der Waals surface area contributed by atoms with Gasteiger partial charge in [0, 0.05) is 7.11 Å². The molecule has 0 aromatic carbocycles. The van der Waals surface area contributed by atoms with E-state index in [2.05, 4.69) is 0 Å². The summed E-state index contributed by atoms with van der Waals surface area (Å²) in [6.45, 7) is 0. The molecule has 4 heteroatoms. The van der Waals surface area contributed by atoms with Crippen LogP contribution in [0.3, 0.4) is 0 Å². The average molecular weight is 174 g/mol. The molecule has 1 aliphatic heterocycles. The van der Waals surface area contributed by atoms with E-state index in [4.69, 9.17) is 9.16 Å². The monoisotopic (exact) mass is 174 g/mol. The summed E-state index contributed by atoms with van der Waals surface area (Å²) in [7, 11) is 2.33. The zero-order valence-electron chi connectivity index (χ0n) is 6.03. The normalized spacial score (nSPS) is 31.3. The molecule has 56 valence electrons. The van der Waals surface area contributed by atoms with Crippen LogP contribution in [0.4, 0.5) is 0 Å². The second kappa shape index (κ2) is 3.38. The Morgan fingerprint density at radius 3 is 2.60 bits per heavy atom. The lowest BCUT2D eigenvalue weighted by atomic mass is 10.4. The van der Waals surface area contributed by atoms with E-state index >= 15 is 0 Å². The largest absolute Gasteiger partial charge is 0.390 e. The number of rotatable bonds is 2. The third-order valence-corrected chi connectivity index (χ3v) is 3.28. The fourth-order valence-electron chi connectivity index (χ4n) is 0.708. The first-order valence-electron chi connectivity index (χ1n) is 2.95. The lowest BCUT2D eigenvalue weighted by Gasteiger charge is -2.26. The van der Waals surface area contributed by atoms with Crippen molar-refractivity contribution in [1.82, 2.24) is 0 Å². The van der Waals surface area contributed by atoms with Gasteiger partial charge in [-0.25, -0.2) is 0 Å². The van der Waals surface area contributed by atoms with Gasteiger partial charge >= 0.3 is 0 Å². The number of allylic oxidation sites excluding steroid dienone is 2. The predicted octanol–water partition coefficient (Wildman–Crippen LogP) is 0.400. The summed E-state index contributed by atoms with van der Waals surface area (Å²) in [5.41, 5.74) is 0. The van der Waals surface area contributed by atoms with Crippen LogP contribution in [0.15, 0.2) is 23.6 Å². The Bertz CT molecular complexity index is 163. The molecule has 0 fully saturated rings. The van der Waals surface area contributed by atoms with Crippen LogP contribution >= 0.6 is 11.8 Å². The van der Waals surface area contributed by atoms with E-state index in [-0.39, 0.29) is 0 Å². The molecular weight excluding hydrogens is 164 g/mol. The van der Waals surface area contributed by atoms with Crippen molar-refractivity contribution >= 4 is 22.2 Å². The summed E-state index contributed by atoms with van der Waals surface area (Å²) in [6.07, 6.45) is 5.80. The van der Waals surface area contributed by atoms with Crippen molar-refractivity contribution in [1.29, 1.82) is 0 Å². The lowest BCUT2D eigenvalue weighted by molar-refractivity contribution is -0.0424. The zero-order chi connectivity index (χ0) is 7.45. The van der Waals surface area contributed by atoms with Crippen LogP contribution in [0.25, 0.3) is 0 Å². The molecule has 1 aliphatic rings. The highest BCUT2D eigenvalue weighted by atomic mass is 32.2. The van der Waals surface area contributed by atoms with Gasteiger partial charge in [0.1, 0.15) is 0 Å². The molecule has 0 saturated carbocycles. The summed E-state index contributed by atoms with van der Waals surface area (Å²) in [5, 5.41) is 1.43. The maximum Gasteiger partial charge on any atom is 0.232 e. The number of thioether (sulfide) groups is 1. The van der Waals surface area contributed by atoms with E-state index < -0.39 is 5.12 Å². The highest BCUT2D eigenvalue weighted by molar-refractivity contribution is 8.03. The van der Waals surface area contributed by atoms with Gasteiger partial charge in [-0.3, -0.25) is 0 Å². The Balaban J connectivity index is 2.66. The minimum Gasteiger partial charge on any atom is -0.390 e. The number of hydrogen-bond donors (Lipinski definition) is 0. The molecule has 0 N–H and O–H groups in total. The maximum absolute atomic E-state index is 5.27. The van der Waals surface area contributed by atoms with Gasteiger partial charge < -0.3 is 9.16 Å². The van der Waals surface area contributed by atoms with Crippen LogP contribution in [0.1, 0.15) is 0 Å². The standard InChI is InChI=1S/C6H10O2SSi/c1-7-6(8-10)4-2-3-5-9-6/h2-5H,1,10H3.